The highest BCUT2D eigenvalue weighted by atomic mass is 16.5. The quantitative estimate of drug-likeness (QED) is 0.476. The van der Waals surface area contributed by atoms with Crippen molar-refractivity contribution < 1.29 is 14.3 Å². The maximum Gasteiger partial charge on any atom is 0.243 e. The van der Waals surface area contributed by atoms with Gasteiger partial charge in [-0.05, 0) is 56.7 Å². The van der Waals surface area contributed by atoms with Gasteiger partial charge in [-0.2, -0.15) is 0 Å². The lowest BCUT2D eigenvalue weighted by molar-refractivity contribution is -0.114. The van der Waals surface area contributed by atoms with Crippen molar-refractivity contribution in [2.24, 2.45) is 0 Å². The van der Waals surface area contributed by atoms with E-state index in [0.717, 1.165) is 35.9 Å². The molecule has 0 aromatic heterocycles. The van der Waals surface area contributed by atoms with E-state index in [4.69, 9.17) is 9.47 Å². The molecule has 0 saturated heterocycles. The molecule has 0 aliphatic heterocycles. The molecule has 0 unspecified atom stereocenters. The van der Waals surface area contributed by atoms with Crippen LogP contribution in [-0.4, -0.2) is 25.2 Å². The van der Waals surface area contributed by atoms with E-state index in [-0.39, 0.29) is 18.6 Å². The Morgan fingerprint density at radius 3 is 2.46 bits per heavy atom. The summed E-state index contributed by atoms with van der Waals surface area (Å²) in [5.74, 6) is 1.50. The number of ether oxygens (including phenoxy) is 2. The summed E-state index contributed by atoms with van der Waals surface area (Å²) in [7, 11) is 0. The number of hydrogen-bond acceptors (Lipinski definition) is 4. The minimum Gasteiger partial charge on any atom is -0.494 e. The zero-order valence-electron chi connectivity index (χ0n) is 17.2. The number of anilines is 2. The number of carbonyl (C=O) groups excluding carboxylic acids is 1. The predicted molar refractivity (Wildman–Crippen MR) is 115 cm³/mol. The molecule has 2 rings (SSSR count). The van der Waals surface area contributed by atoms with Crippen LogP contribution >= 0.6 is 0 Å². The van der Waals surface area contributed by atoms with Crippen molar-refractivity contribution >= 4 is 17.3 Å². The molecule has 0 aliphatic rings. The molecule has 0 heterocycles. The molecule has 0 spiro atoms. The van der Waals surface area contributed by atoms with Crippen molar-refractivity contribution in [3.8, 4) is 11.5 Å². The zero-order valence-corrected chi connectivity index (χ0v) is 17.2. The molecule has 0 fully saturated rings. The van der Waals surface area contributed by atoms with Crippen molar-refractivity contribution in [3.63, 3.8) is 0 Å². The summed E-state index contributed by atoms with van der Waals surface area (Å²) >= 11 is 0. The number of unbranched alkanes of at least 4 members (excludes halogenated alkanes) is 3. The van der Waals surface area contributed by atoms with E-state index < -0.39 is 0 Å². The first kappa shape index (κ1) is 21.6. The molecule has 28 heavy (non-hydrogen) atoms. The summed E-state index contributed by atoms with van der Waals surface area (Å²) < 4.78 is 11.4. The maximum atomic E-state index is 12.2. The summed E-state index contributed by atoms with van der Waals surface area (Å²) in [6, 6.07) is 15.1. The molecule has 0 radical (unpaired) electrons. The average Bonchev–Trinajstić information content (AvgIpc) is 2.68. The fourth-order valence-corrected chi connectivity index (χ4v) is 2.69. The summed E-state index contributed by atoms with van der Waals surface area (Å²) in [4.78, 5) is 12.2. The topological polar surface area (TPSA) is 59.6 Å². The van der Waals surface area contributed by atoms with Gasteiger partial charge >= 0.3 is 0 Å². The second-order valence-electron chi connectivity index (χ2n) is 7.03. The Hall–Kier alpha value is -2.69. The number of amides is 1. The highest BCUT2D eigenvalue weighted by Gasteiger charge is 2.04. The minimum atomic E-state index is -0.108. The van der Waals surface area contributed by atoms with Crippen LogP contribution in [0.15, 0.2) is 48.5 Å². The average molecular weight is 385 g/mol. The Morgan fingerprint density at radius 2 is 1.75 bits per heavy atom. The Kier molecular flexibility index (Phi) is 9.19. The number of hydrogen-bond donors (Lipinski definition) is 2. The predicted octanol–water partition coefficient (Wildman–Crippen LogP) is 5.48. The van der Waals surface area contributed by atoms with Crippen LogP contribution in [0.5, 0.6) is 11.5 Å². The molecule has 2 aromatic rings. The van der Waals surface area contributed by atoms with Crippen LogP contribution in [0.2, 0.25) is 0 Å². The fraction of sp³-hybridized carbons (Fsp3) is 0.435. The van der Waals surface area contributed by atoms with Gasteiger partial charge in [0.25, 0.3) is 0 Å². The summed E-state index contributed by atoms with van der Waals surface area (Å²) in [6.07, 6.45) is 4.85. The van der Waals surface area contributed by atoms with Crippen LogP contribution < -0.4 is 20.1 Å². The molecule has 5 heteroatoms. The monoisotopic (exact) mass is 384 g/mol. The number of carbonyl (C=O) groups is 1. The fourth-order valence-electron chi connectivity index (χ4n) is 2.69. The van der Waals surface area contributed by atoms with Crippen LogP contribution in [0.3, 0.4) is 0 Å². The molecule has 0 saturated carbocycles. The first-order valence-electron chi connectivity index (χ1n) is 10.1. The highest BCUT2D eigenvalue weighted by Crippen LogP contribution is 2.19. The number of nitrogens with one attached hydrogen (secondary N) is 2. The molecule has 1 amide bonds. The van der Waals surface area contributed by atoms with E-state index in [1.165, 1.54) is 19.3 Å². The lowest BCUT2D eigenvalue weighted by Crippen LogP contribution is -2.21. The Bertz CT molecular complexity index is 714. The van der Waals surface area contributed by atoms with Crippen LogP contribution in [0, 0.1) is 0 Å². The first-order valence-corrected chi connectivity index (χ1v) is 10.1. The van der Waals surface area contributed by atoms with Crippen molar-refractivity contribution in [2.45, 2.75) is 52.6 Å². The lowest BCUT2D eigenvalue weighted by atomic mass is 10.2. The van der Waals surface area contributed by atoms with Crippen molar-refractivity contribution in [1.29, 1.82) is 0 Å². The summed E-state index contributed by atoms with van der Waals surface area (Å²) in [6.45, 7) is 7.06. The van der Waals surface area contributed by atoms with Crippen molar-refractivity contribution in [3.05, 3.63) is 48.5 Å². The standard InChI is InChI=1S/C23H32N2O3/c1-4-5-6-7-15-27-22-10-8-9-20(16-22)24-17-23(26)25-19-11-13-21(14-12-19)28-18(2)3/h8-14,16,18,24H,4-7,15,17H2,1-3H3,(H,25,26). The van der Waals surface area contributed by atoms with E-state index in [1.807, 2.05) is 62.4 Å². The Balaban J connectivity index is 1.75. The molecule has 0 aliphatic carbocycles. The van der Waals surface area contributed by atoms with E-state index >= 15 is 0 Å². The van der Waals surface area contributed by atoms with Gasteiger partial charge in [-0.25, -0.2) is 0 Å². The maximum absolute atomic E-state index is 12.2. The van der Waals surface area contributed by atoms with Crippen LogP contribution in [0.25, 0.3) is 0 Å². The lowest BCUT2D eigenvalue weighted by Gasteiger charge is -2.12. The highest BCUT2D eigenvalue weighted by molar-refractivity contribution is 5.93. The number of benzene rings is 2. The summed E-state index contributed by atoms with van der Waals surface area (Å²) in [5, 5.41) is 6.01. The molecular weight excluding hydrogens is 352 g/mol. The Morgan fingerprint density at radius 1 is 0.964 bits per heavy atom. The van der Waals surface area contributed by atoms with Gasteiger partial charge in [0, 0.05) is 17.4 Å². The third-order valence-corrected chi connectivity index (χ3v) is 4.06. The molecule has 0 atom stereocenters. The molecule has 2 N–H and O–H groups in total. The first-order chi connectivity index (χ1) is 13.6. The third-order valence-electron chi connectivity index (χ3n) is 4.06. The molecule has 2 aromatic carbocycles. The van der Waals surface area contributed by atoms with Gasteiger partial charge in [0.1, 0.15) is 11.5 Å². The molecular formula is C23H32N2O3. The van der Waals surface area contributed by atoms with E-state index in [2.05, 4.69) is 17.6 Å². The van der Waals surface area contributed by atoms with Gasteiger partial charge in [-0.1, -0.05) is 32.3 Å². The van der Waals surface area contributed by atoms with E-state index in [0.29, 0.717) is 0 Å². The summed E-state index contributed by atoms with van der Waals surface area (Å²) in [5.41, 5.74) is 1.61. The Labute approximate surface area is 168 Å². The normalized spacial score (nSPS) is 10.6. The third kappa shape index (κ3) is 8.33. The van der Waals surface area contributed by atoms with Crippen LogP contribution in [0.1, 0.15) is 46.5 Å². The number of rotatable bonds is 12. The van der Waals surface area contributed by atoms with Gasteiger partial charge in [-0.3, -0.25) is 4.79 Å². The van der Waals surface area contributed by atoms with Gasteiger partial charge in [0.15, 0.2) is 0 Å². The van der Waals surface area contributed by atoms with Crippen LogP contribution in [-0.2, 0) is 4.79 Å². The van der Waals surface area contributed by atoms with E-state index in [1.54, 1.807) is 0 Å². The second-order valence-corrected chi connectivity index (χ2v) is 7.03. The van der Waals surface area contributed by atoms with Crippen LogP contribution in [0.4, 0.5) is 11.4 Å². The van der Waals surface area contributed by atoms with Crippen molar-refractivity contribution in [1.82, 2.24) is 0 Å². The van der Waals surface area contributed by atoms with Gasteiger partial charge < -0.3 is 20.1 Å². The molecule has 5 nitrogen and oxygen atoms in total. The SMILES string of the molecule is CCCCCCOc1cccc(NCC(=O)Nc2ccc(OC(C)C)cc2)c1. The van der Waals surface area contributed by atoms with E-state index in [9.17, 15) is 4.79 Å². The zero-order chi connectivity index (χ0) is 20.2. The van der Waals surface area contributed by atoms with Gasteiger partial charge in [0.2, 0.25) is 5.91 Å². The second kappa shape index (κ2) is 11.9. The smallest absolute Gasteiger partial charge is 0.243 e. The van der Waals surface area contributed by atoms with Gasteiger partial charge in [0.05, 0.1) is 19.3 Å². The molecule has 0 bridgehead atoms. The van der Waals surface area contributed by atoms with Crippen molar-refractivity contribution in [2.75, 3.05) is 23.8 Å². The van der Waals surface area contributed by atoms with Gasteiger partial charge in [-0.15, -0.1) is 0 Å². The molecule has 152 valence electrons. The minimum absolute atomic E-state index is 0.108. The largest absolute Gasteiger partial charge is 0.494 e.